The van der Waals surface area contributed by atoms with Crippen LogP contribution in [0.5, 0.6) is 0 Å². The van der Waals surface area contributed by atoms with Gasteiger partial charge in [0, 0.05) is 4.88 Å². The lowest BCUT2D eigenvalue weighted by molar-refractivity contribution is 0.0978. The molecular weight excluding hydrogens is 494 g/mol. The monoisotopic (exact) mass is 515 g/mol. The number of nitrogens with zero attached hydrogens (tertiary/aromatic N) is 4. The van der Waals surface area contributed by atoms with Gasteiger partial charge in [0.2, 0.25) is 0 Å². The van der Waals surface area contributed by atoms with E-state index in [0.717, 1.165) is 51.9 Å². The van der Waals surface area contributed by atoms with Crippen LogP contribution >= 0.6 is 27.3 Å². The first-order valence-corrected chi connectivity index (χ1v) is 12.1. The third kappa shape index (κ3) is 3.51. The Hall–Kier alpha value is -2.72. The lowest BCUT2D eigenvalue weighted by Gasteiger charge is -2.12. The van der Waals surface area contributed by atoms with Gasteiger partial charge in [-0.25, -0.2) is 9.66 Å². The van der Waals surface area contributed by atoms with Crippen LogP contribution in [-0.2, 0) is 19.4 Å². The normalized spacial score (nSPS) is 13.5. The van der Waals surface area contributed by atoms with E-state index in [-0.39, 0.29) is 11.3 Å². The minimum absolute atomic E-state index is 0.124. The van der Waals surface area contributed by atoms with E-state index < -0.39 is 5.91 Å². The van der Waals surface area contributed by atoms with Gasteiger partial charge in [0.1, 0.15) is 16.4 Å². The molecule has 0 bridgehead atoms. The molecule has 10 heteroatoms. The molecule has 1 aliphatic carbocycles. The smallest absolute Gasteiger partial charge is 0.305 e. The first kappa shape index (κ1) is 21.1. The van der Waals surface area contributed by atoms with E-state index in [1.54, 1.807) is 30.4 Å². The topological polar surface area (TPSA) is 95.0 Å². The molecule has 4 aromatic heterocycles. The summed E-state index contributed by atoms with van der Waals surface area (Å²) in [6.45, 7) is 6.00. The van der Waals surface area contributed by atoms with Gasteiger partial charge in [0.25, 0.3) is 5.56 Å². The maximum atomic E-state index is 13.2. The fourth-order valence-electron chi connectivity index (χ4n) is 4.16. The Bertz CT molecular complexity index is 1430. The van der Waals surface area contributed by atoms with Gasteiger partial charge in [-0.1, -0.05) is 0 Å². The van der Waals surface area contributed by atoms with Crippen LogP contribution in [0.1, 0.15) is 56.8 Å². The van der Waals surface area contributed by atoms with Crippen molar-refractivity contribution in [3.63, 3.8) is 0 Å². The van der Waals surface area contributed by atoms with E-state index in [9.17, 15) is 9.59 Å². The van der Waals surface area contributed by atoms with Gasteiger partial charge in [-0.2, -0.15) is 5.10 Å². The van der Waals surface area contributed by atoms with Crippen LogP contribution in [0.2, 0.25) is 0 Å². The average molecular weight is 516 g/mol. The minimum Gasteiger partial charge on any atom is -0.454 e. The fourth-order valence-corrected chi connectivity index (χ4v) is 5.74. The van der Waals surface area contributed by atoms with Gasteiger partial charge in [0.15, 0.2) is 5.76 Å². The Morgan fingerprint density at radius 2 is 2.03 bits per heavy atom. The van der Waals surface area contributed by atoms with Crippen LogP contribution in [0.25, 0.3) is 10.2 Å². The Balaban J connectivity index is 1.42. The Morgan fingerprint density at radius 1 is 1.25 bits per heavy atom. The van der Waals surface area contributed by atoms with Crippen LogP contribution in [0.4, 0.5) is 0 Å². The summed E-state index contributed by atoms with van der Waals surface area (Å²) >= 11 is 5.11. The molecule has 0 atom stereocenters. The van der Waals surface area contributed by atoms with Crippen LogP contribution in [0.15, 0.2) is 25.8 Å². The summed E-state index contributed by atoms with van der Waals surface area (Å²) in [4.78, 5) is 32.7. The maximum Gasteiger partial charge on any atom is 0.305 e. The van der Waals surface area contributed by atoms with Crippen molar-refractivity contribution in [2.24, 2.45) is 0 Å². The second kappa shape index (κ2) is 8.00. The first-order valence-electron chi connectivity index (χ1n) is 10.5. The molecule has 8 nitrogen and oxygen atoms in total. The number of carbonyl (C=O) groups is 1. The Kier molecular flexibility index (Phi) is 5.29. The SMILES string of the molecule is Cc1nn(Cc2ccc(C(=O)Nn3c(C)nc4sc5c(c4c3=O)CCCC5)o2)c(C)c1Br. The van der Waals surface area contributed by atoms with Gasteiger partial charge >= 0.3 is 5.91 Å². The van der Waals surface area contributed by atoms with Crippen molar-refractivity contribution in [1.29, 1.82) is 0 Å². The summed E-state index contributed by atoms with van der Waals surface area (Å²) in [5.74, 6) is 0.659. The molecule has 1 amide bonds. The largest absolute Gasteiger partial charge is 0.454 e. The Labute approximate surface area is 196 Å². The van der Waals surface area contributed by atoms with Crippen LogP contribution in [-0.4, -0.2) is 25.3 Å². The van der Waals surface area contributed by atoms with Gasteiger partial charge in [-0.3, -0.25) is 19.7 Å². The molecule has 0 radical (unpaired) electrons. The number of rotatable bonds is 4. The third-order valence-electron chi connectivity index (χ3n) is 5.85. The minimum atomic E-state index is -0.499. The van der Waals surface area contributed by atoms with E-state index in [1.165, 1.54) is 9.55 Å². The number of halogens is 1. The predicted octanol–water partition coefficient (Wildman–Crippen LogP) is 4.25. The van der Waals surface area contributed by atoms with E-state index in [2.05, 4.69) is 31.4 Å². The van der Waals surface area contributed by atoms with Crippen molar-refractivity contribution >= 4 is 43.4 Å². The van der Waals surface area contributed by atoms with Crippen molar-refractivity contribution in [3.05, 3.63) is 66.1 Å². The van der Waals surface area contributed by atoms with Crippen molar-refractivity contribution in [1.82, 2.24) is 19.4 Å². The highest BCUT2D eigenvalue weighted by Crippen LogP contribution is 2.33. The molecule has 4 heterocycles. The third-order valence-corrected chi connectivity index (χ3v) is 8.19. The number of hydrogen-bond acceptors (Lipinski definition) is 6. The maximum absolute atomic E-state index is 13.2. The number of furan rings is 1. The summed E-state index contributed by atoms with van der Waals surface area (Å²) in [5, 5.41) is 5.10. The van der Waals surface area contributed by atoms with Gasteiger partial charge in [-0.05, 0) is 80.1 Å². The molecule has 1 N–H and O–H groups in total. The number of thiophene rings is 1. The number of fused-ring (bicyclic) bond motifs is 3. The number of hydrogen-bond donors (Lipinski definition) is 1. The summed E-state index contributed by atoms with van der Waals surface area (Å²) in [6, 6.07) is 3.34. The number of carbonyl (C=O) groups excluding carboxylic acids is 1. The molecule has 166 valence electrons. The summed E-state index contributed by atoms with van der Waals surface area (Å²) in [7, 11) is 0. The van der Waals surface area contributed by atoms with Gasteiger partial charge < -0.3 is 4.42 Å². The van der Waals surface area contributed by atoms with Gasteiger partial charge in [-0.15, -0.1) is 11.3 Å². The van der Waals surface area contributed by atoms with E-state index in [1.807, 2.05) is 18.5 Å². The Morgan fingerprint density at radius 3 is 2.78 bits per heavy atom. The van der Waals surface area contributed by atoms with Gasteiger partial charge in [0.05, 0.1) is 27.8 Å². The lowest BCUT2D eigenvalue weighted by Crippen LogP contribution is -2.35. The van der Waals surface area contributed by atoms with E-state index >= 15 is 0 Å². The molecule has 0 saturated heterocycles. The summed E-state index contributed by atoms with van der Waals surface area (Å²) in [6.07, 6.45) is 4.08. The highest BCUT2D eigenvalue weighted by molar-refractivity contribution is 9.10. The summed E-state index contributed by atoms with van der Waals surface area (Å²) < 4.78 is 9.74. The first-order chi connectivity index (χ1) is 15.3. The molecular formula is C22H22BrN5O3S. The second-order valence-corrected chi connectivity index (χ2v) is 9.92. The number of amides is 1. The van der Waals surface area contributed by atoms with E-state index in [4.69, 9.17) is 4.42 Å². The van der Waals surface area contributed by atoms with Crippen LogP contribution in [0.3, 0.4) is 0 Å². The lowest BCUT2D eigenvalue weighted by atomic mass is 9.97. The number of nitrogens with one attached hydrogen (secondary N) is 1. The molecule has 0 spiro atoms. The molecule has 32 heavy (non-hydrogen) atoms. The zero-order valence-corrected chi connectivity index (χ0v) is 20.4. The molecule has 4 aromatic rings. The molecule has 1 aliphatic rings. The van der Waals surface area contributed by atoms with Crippen LogP contribution < -0.4 is 11.0 Å². The molecule has 0 aliphatic heterocycles. The van der Waals surface area contributed by atoms with Crippen molar-refractivity contribution in [2.75, 3.05) is 5.43 Å². The number of aromatic nitrogens is 4. The van der Waals surface area contributed by atoms with Crippen molar-refractivity contribution < 1.29 is 9.21 Å². The highest BCUT2D eigenvalue weighted by atomic mass is 79.9. The highest BCUT2D eigenvalue weighted by Gasteiger charge is 2.22. The van der Waals surface area contributed by atoms with Crippen molar-refractivity contribution in [2.45, 2.75) is 53.0 Å². The quantitative estimate of drug-likeness (QED) is 0.438. The molecule has 0 aromatic carbocycles. The standard InChI is InChI=1S/C22H22BrN5O3S/c1-11-19(23)12(2)27(25-11)10-14-8-9-16(31-14)20(29)26-28-13(3)24-21-18(22(28)30)15-6-4-5-7-17(15)32-21/h8-9H,4-7,10H2,1-3H3,(H,26,29). The second-order valence-electron chi connectivity index (χ2n) is 8.04. The molecule has 0 unspecified atom stereocenters. The number of aryl methyl sites for hydroxylation is 4. The van der Waals surface area contributed by atoms with E-state index in [0.29, 0.717) is 23.5 Å². The molecule has 0 fully saturated rings. The molecule has 5 rings (SSSR count). The zero-order chi connectivity index (χ0) is 22.6. The fraction of sp³-hybridized carbons (Fsp3) is 0.364. The molecule has 0 saturated carbocycles. The van der Waals surface area contributed by atoms with Crippen LogP contribution in [0, 0.1) is 20.8 Å². The zero-order valence-electron chi connectivity index (χ0n) is 18.0. The summed E-state index contributed by atoms with van der Waals surface area (Å²) in [5.41, 5.74) is 5.39. The predicted molar refractivity (Wildman–Crippen MR) is 126 cm³/mol. The average Bonchev–Trinajstić information content (AvgIpc) is 3.44. The van der Waals surface area contributed by atoms with Crippen molar-refractivity contribution in [3.8, 4) is 0 Å².